The summed E-state index contributed by atoms with van der Waals surface area (Å²) in [7, 11) is 1.78. The Morgan fingerprint density at radius 2 is 2.00 bits per heavy atom. The topological polar surface area (TPSA) is 80.9 Å². The van der Waals surface area contributed by atoms with Crippen LogP contribution in [-0.2, 0) is 15.9 Å². The highest BCUT2D eigenvalue weighted by molar-refractivity contribution is 5.79. The van der Waals surface area contributed by atoms with E-state index in [2.05, 4.69) is 20.8 Å². The van der Waals surface area contributed by atoms with E-state index in [0.717, 1.165) is 82.6 Å². The average Bonchev–Trinajstić information content (AvgIpc) is 2.95. The minimum atomic E-state index is 0.667. The third kappa shape index (κ3) is 7.04. The molecule has 7 nitrogen and oxygen atoms in total. The zero-order valence-corrected chi connectivity index (χ0v) is 15.8. The number of aryl methyl sites for hydroxylation is 2. The molecule has 1 aliphatic heterocycles. The summed E-state index contributed by atoms with van der Waals surface area (Å²) in [4.78, 5) is 4.24. The van der Waals surface area contributed by atoms with Crippen molar-refractivity contribution in [1.82, 2.24) is 15.8 Å². The molecule has 0 amide bonds. The highest BCUT2D eigenvalue weighted by atomic mass is 16.5. The van der Waals surface area contributed by atoms with E-state index in [1.807, 2.05) is 13.8 Å². The van der Waals surface area contributed by atoms with Gasteiger partial charge in [-0.25, -0.2) is 0 Å². The zero-order valence-electron chi connectivity index (χ0n) is 15.8. The molecule has 1 aromatic heterocycles. The molecule has 0 saturated carbocycles. The van der Waals surface area contributed by atoms with Gasteiger partial charge in [-0.1, -0.05) is 5.16 Å². The van der Waals surface area contributed by atoms with Crippen molar-refractivity contribution in [3.05, 3.63) is 17.0 Å². The van der Waals surface area contributed by atoms with Gasteiger partial charge in [-0.2, -0.15) is 0 Å². The van der Waals surface area contributed by atoms with Crippen molar-refractivity contribution in [3.63, 3.8) is 0 Å². The molecule has 2 N–H and O–H groups in total. The Morgan fingerprint density at radius 1 is 1.24 bits per heavy atom. The molecule has 1 saturated heterocycles. The maximum absolute atomic E-state index is 5.77. The first-order valence-electron chi connectivity index (χ1n) is 9.22. The fourth-order valence-corrected chi connectivity index (χ4v) is 2.93. The van der Waals surface area contributed by atoms with Gasteiger partial charge < -0.3 is 24.6 Å². The van der Waals surface area contributed by atoms with Gasteiger partial charge in [0, 0.05) is 52.1 Å². The minimum absolute atomic E-state index is 0.667. The average molecular weight is 352 g/mol. The van der Waals surface area contributed by atoms with Crippen LogP contribution in [0.2, 0.25) is 0 Å². The predicted octanol–water partition coefficient (Wildman–Crippen LogP) is 1.83. The Kier molecular flexibility index (Phi) is 8.76. The van der Waals surface area contributed by atoms with Crippen LogP contribution in [0.15, 0.2) is 9.52 Å². The van der Waals surface area contributed by atoms with Crippen LogP contribution in [0, 0.1) is 19.8 Å². The Balaban J connectivity index is 1.51. The monoisotopic (exact) mass is 352 g/mol. The van der Waals surface area contributed by atoms with Crippen LogP contribution in [0.4, 0.5) is 0 Å². The largest absolute Gasteiger partial charge is 0.381 e. The van der Waals surface area contributed by atoms with Crippen molar-refractivity contribution >= 4 is 5.96 Å². The highest BCUT2D eigenvalue weighted by Gasteiger charge is 2.13. The van der Waals surface area contributed by atoms with Crippen LogP contribution in [0.3, 0.4) is 0 Å². The molecule has 142 valence electrons. The van der Waals surface area contributed by atoms with E-state index < -0.39 is 0 Å². The molecule has 0 bridgehead atoms. The molecule has 0 atom stereocenters. The summed E-state index contributed by atoms with van der Waals surface area (Å²) in [5.41, 5.74) is 2.13. The van der Waals surface area contributed by atoms with Crippen molar-refractivity contribution < 1.29 is 14.0 Å². The quantitative estimate of drug-likeness (QED) is 0.401. The number of nitrogens with one attached hydrogen (secondary N) is 2. The van der Waals surface area contributed by atoms with E-state index in [9.17, 15) is 0 Å². The van der Waals surface area contributed by atoms with Gasteiger partial charge in [-0.3, -0.25) is 4.99 Å². The van der Waals surface area contributed by atoms with E-state index in [-0.39, 0.29) is 0 Å². The Labute approximate surface area is 150 Å². The minimum Gasteiger partial charge on any atom is -0.381 e. The lowest BCUT2D eigenvalue weighted by atomic mass is 10.0. The van der Waals surface area contributed by atoms with Crippen molar-refractivity contribution in [2.75, 3.05) is 46.6 Å². The third-order valence-corrected chi connectivity index (χ3v) is 4.52. The predicted molar refractivity (Wildman–Crippen MR) is 98.0 cm³/mol. The van der Waals surface area contributed by atoms with E-state index in [4.69, 9.17) is 14.0 Å². The molecule has 25 heavy (non-hydrogen) atoms. The molecule has 2 rings (SSSR count). The van der Waals surface area contributed by atoms with E-state index >= 15 is 0 Å². The van der Waals surface area contributed by atoms with Crippen LogP contribution in [-0.4, -0.2) is 57.7 Å². The molecule has 0 radical (unpaired) electrons. The van der Waals surface area contributed by atoms with Crippen molar-refractivity contribution in [3.8, 4) is 0 Å². The Bertz CT molecular complexity index is 505. The normalized spacial score (nSPS) is 16.2. The lowest BCUT2D eigenvalue weighted by molar-refractivity contribution is 0.0203. The summed E-state index contributed by atoms with van der Waals surface area (Å²) in [6.07, 6.45) is 4.09. The summed E-state index contributed by atoms with van der Waals surface area (Å²) >= 11 is 0. The molecule has 1 aromatic rings. The van der Waals surface area contributed by atoms with Crippen molar-refractivity contribution in [2.45, 2.75) is 39.5 Å². The number of rotatable bonds is 9. The number of aromatic nitrogens is 1. The number of guanidine groups is 1. The van der Waals surface area contributed by atoms with Crippen molar-refractivity contribution in [2.24, 2.45) is 10.9 Å². The molecular formula is C18H32N4O3. The fourth-order valence-electron chi connectivity index (χ4n) is 2.93. The first-order chi connectivity index (χ1) is 12.2. The van der Waals surface area contributed by atoms with Crippen molar-refractivity contribution in [1.29, 1.82) is 0 Å². The second-order valence-corrected chi connectivity index (χ2v) is 6.46. The standard InChI is InChI=1S/C18H32N4O3/c1-14-17(15(2)25-22-14)5-9-21-18(19-3)20-8-4-10-24-13-16-6-11-23-12-7-16/h16H,4-13H2,1-3H3,(H2,19,20,21). The Hall–Kier alpha value is -1.60. The van der Waals surface area contributed by atoms with Crippen LogP contribution < -0.4 is 10.6 Å². The third-order valence-electron chi connectivity index (χ3n) is 4.52. The number of nitrogens with zero attached hydrogens (tertiary/aromatic N) is 2. The molecule has 1 fully saturated rings. The molecule has 7 heteroatoms. The van der Waals surface area contributed by atoms with Gasteiger partial charge in [0.15, 0.2) is 5.96 Å². The van der Waals surface area contributed by atoms with E-state index in [0.29, 0.717) is 5.92 Å². The van der Waals surface area contributed by atoms with Gasteiger partial charge in [0.1, 0.15) is 5.76 Å². The lowest BCUT2D eigenvalue weighted by Gasteiger charge is -2.21. The summed E-state index contributed by atoms with van der Waals surface area (Å²) in [6.45, 7) is 8.95. The lowest BCUT2D eigenvalue weighted by Crippen LogP contribution is -2.39. The van der Waals surface area contributed by atoms with Gasteiger partial charge in [0.25, 0.3) is 0 Å². The molecule has 0 aliphatic carbocycles. The van der Waals surface area contributed by atoms with Crippen LogP contribution in [0.25, 0.3) is 0 Å². The molecule has 1 aliphatic rings. The number of aliphatic imine (C=N–C) groups is 1. The van der Waals surface area contributed by atoms with Gasteiger partial charge in [0.2, 0.25) is 0 Å². The van der Waals surface area contributed by atoms with E-state index in [1.165, 1.54) is 5.56 Å². The molecule has 0 spiro atoms. The number of ether oxygens (including phenoxy) is 2. The SMILES string of the molecule is CN=C(NCCCOCC1CCOCC1)NCCc1c(C)noc1C. The number of hydrogen-bond acceptors (Lipinski definition) is 5. The van der Waals surface area contributed by atoms with Gasteiger partial charge >= 0.3 is 0 Å². The van der Waals surface area contributed by atoms with Crippen LogP contribution in [0.5, 0.6) is 0 Å². The first-order valence-corrected chi connectivity index (χ1v) is 9.22. The number of hydrogen-bond donors (Lipinski definition) is 2. The molecular weight excluding hydrogens is 320 g/mol. The summed E-state index contributed by atoms with van der Waals surface area (Å²) < 4.78 is 16.3. The second kappa shape index (κ2) is 11.1. The van der Waals surface area contributed by atoms with Gasteiger partial charge in [-0.05, 0) is 45.4 Å². The maximum atomic E-state index is 5.77. The summed E-state index contributed by atoms with van der Waals surface area (Å²) in [5.74, 6) is 2.38. The van der Waals surface area contributed by atoms with Crippen LogP contribution in [0.1, 0.15) is 36.3 Å². The van der Waals surface area contributed by atoms with E-state index in [1.54, 1.807) is 7.05 Å². The highest BCUT2D eigenvalue weighted by Crippen LogP contribution is 2.14. The van der Waals surface area contributed by atoms with Gasteiger partial charge in [0.05, 0.1) is 5.69 Å². The van der Waals surface area contributed by atoms with Gasteiger partial charge in [-0.15, -0.1) is 0 Å². The fraction of sp³-hybridized carbons (Fsp3) is 0.778. The summed E-state index contributed by atoms with van der Waals surface area (Å²) in [5, 5.41) is 10.6. The maximum Gasteiger partial charge on any atom is 0.190 e. The Morgan fingerprint density at radius 3 is 2.68 bits per heavy atom. The van der Waals surface area contributed by atoms with Crippen LogP contribution >= 0.6 is 0 Å². The second-order valence-electron chi connectivity index (χ2n) is 6.46. The summed E-state index contributed by atoms with van der Waals surface area (Å²) in [6, 6.07) is 0. The zero-order chi connectivity index (χ0) is 17.9. The molecule has 0 unspecified atom stereocenters. The first kappa shape index (κ1) is 19.7. The molecule has 0 aromatic carbocycles. The molecule has 2 heterocycles. The smallest absolute Gasteiger partial charge is 0.190 e.